The highest BCUT2D eigenvalue weighted by Crippen LogP contribution is 2.10. The van der Waals surface area contributed by atoms with Crippen LogP contribution in [0.15, 0.2) is 46.7 Å². The second kappa shape index (κ2) is 4.94. The van der Waals surface area contributed by atoms with E-state index in [4.69, 9.17) is 0 Å². The van der Waals surface area contributed by atoms with Crippen molar-refractivity contribution in [1.29, 1.82) is 0 Å². The number of carbonyl (C=O) groups excluding carboxylic acids is 1. The van der Waals surface area contributed by atoms with Crippen LogP contribution in [0.4, 0.5) is 0 Å². The van der Waals surface area contributed by atoms with Crippen LogP contribution in [0, 0.1) is 0 Å². The minimum atomic E-state index is -3.52. The van der Waals surface area contributed by atoms with Crippen molar-refractivity contribution < 1.29 is 13.2 Å². The van der Waals surface area contributed by atoms with E-state index < -0.39 is 9.84 Å². The van der Waals surface area contributed by atoms with Crippen molar-refractivity contribution >= 4 is 15.7 Å². The first-order chi connectivity index (χ1) is 7.43. The fourth-order valence-corrected chi connectivity index (χ4v) is 1.97. The van der Waals surface area contributed by atoms with Crippen molar-refractivity contribution in [3.05, 3.63) is 41.8 Å². The molecular weight excluding hydrogens is 226 g/mol. The van der Waals surface area contributed by atoms with Crippen LogP contribution in [-0.4, -0.2) is 33.3 Å². The SMILES string of the molecule is CN(C)C(=O)C=CS(=O)(=O)c1ccccc1. The van der Waals surface area contributed by atoms with E-state index in [0.29, 0.717) is 0 Å². The largest absolute Gasteiger partial charge is 0.345 e. The molecule has 0 aliphatic carbocycles. The molecule has 0 aliphatic rings. The smallest absolute Gasteiger partial charge is 0.246 e. The van der Waals surface area contributed by atoms with Gasteiger partial charge in [0, 0.05) is 25.6 Å². The summed E-state index contributed by atoms with van der Waals surface area (Å²) in [5.74, 6) is -0.362. The standard InChI is InChI=1S/C11H13NO3S/c1-12(2)11(13)8-9-16(14,15)10-6-4-3-5-7-10/h3-9H,1-2H3. The highest BCUT2D eigenvalue weighted by molar-refractivity contribution is 7.94. The molecule has 0 aliphatic heterocycles. The van der Waals surface area contributed by atoms with Crippen LogP contribution >= 0.6 is 0 Å². The van der Waals surface area contributed by atoms with Crippen molar-refractivity contribution in [2.75, 3.05) is 14.1 Å². The number of hydrogen-bond acceptors (Lipinski definition) is 3. The molecule has 5 heteroatoms. The molecule has 0 fully saturated rings. The maximum absolute atomic E-state index is 11.7. The zero-order valence-corrected chi connectivity index (χ0v) is 9.94. The van der Waals surface area contributed by atoms with E-state index in [2.05, 4.69) is 0 Å². The molecule has 0 atom stereocenters. The van der Waals surface area contributed by atoms with E-state index in [-0.39, 0.29) is 10.8 Å². The molecule has 0 heterocycles. The number of nitrogens with zero attached hydrogens (tertiary/aromatic N) is 1. The molecule has 1 aromatic rings. The zero-order valence-electron chi connectivity index (χ0n) is 9.12. The Morgan fingerprint density at radius 1 is 1.19 bits per heavy atom. The monoisotopic (exact) mass is 239 g/mol. The van der Waals surface area contributed by atoms with Crippen molar-refractivity contribution in [3.8, 4) is 0 Å². The normalized spacial score (nSPS) is 11.6. The summed E-state index contributed by atoms with van der Waals surface area (Å²) in [7, 11) is -0.402. The Hall–Kier alpha value is -1.62. The van der Waals surface area contributed by atoms with E-state index in [1.807, 2.05) is 0 Å². The number of benzene rings is 1. The summed E-state index contributed by atoms with van der Waals surface area (Å²) >= 11 is 0. The molecular formula is C11H13NO3S. The van der Waals surface area contributed by atoms with Crippen molar-refractivity contribution in [1.82, 2.24) is 4.90 Å². The molecule has 1 amide bonds. The summed E-state index contributed by atoms with van der Waals surface area (Å²) in [6.45, 7) is 0. The molecule has 1 aromatic carbocycles. The number of carbonyl (C=O) groups is 1. The summed E-state index contributed by atoms with van der Waals surface area (Å²) in [4.78, 5) is 12.7. The molecule has 0 N–H and O–H groups in total. The van der Waals surface area contributed by atoms with Gasteiger partial charge in [-0.2, -0.15) is 0 Å². The summed E-state index contributed by atoms with van der Waals surface area (Å²) < 4.78 is 23.4. The van der Waals surface area contributed by atoms with Crippen LogP contribution in [0.2, 0.25) is 0 Å². The lowest BCUT2D eigenvalue weighted by Crippen LogP contribution is -2.19. The lowest BCUT2D eigenvalue weighted by molar-refractivity contribution is -0.123. The Labute approximate surface area is 95.1 Å². The van der Waals surface area contributed by atoms with Crippen LogP contribution in [0.25, 0.3) is 0 Å². The molecule has 0 bridgehead atoms. The average molecular weight is 239 g/mol. The highest BCUT2D eigenvalue weighted by Gasteiger charge is 2.10. The third kappa shape index (κ3) is 3.20. The van der Waals surface area contributed by atoms with Gasteiger partial charge in [-0.3, -0.25) is 4.79 Å². The maximum atomic E-state index is 11.7. The highest BCUT2D eigenvalue weighted by atomic mass is 32.2. The number of likely N-dealkylation sites (N-methyl/N-ethyl adjacent to an activating group) is 1. The number of sulfone groups is 1. The second-order valence-electron chi connectivity index (χ2n) is 3.39. The van der Waals surface area contributed by atoms with E-state index in [0.717, 1.165) is 11.5 Å². The molecule has 0 unspecified atom stereocenters. The number of amides is 1. The van der Waals surface area contributed by atoms with Crippen LogP contribution in [-0.2, 0) is 14.6 Å². The van der Waals surface area contributed by atoms with Gasteiger partial charge < -0.3 is 4.90 Å². The van der Waals surface area contributed by atoms with Gasteiger partial charge >= 0.3 is 0 Å². The summed E-state index contributed by atoms with van der Waals surface area (Å²) in [5.41, 5.74) is 0. The Kier molecular flexibility index (Phi) is 3.84. The fraction of sp³-hybridized carbons (Fsp3) is 0.182. The van der Waals surface area contributed by atoms with Crippen LogP contribution in [0.3, 0.4) is 0 Å². The van der Waals surface area contributed by atoms with Crippen LogP contribution in [0.1, 0.15) is 0 Å². The van der Waals surface area contributed by atoms with Gasteiger partial charge in [0.15, 0.2) is 9.84 Å². The van der Waals surface area contributed by atoms with Gasteiger partial charge in [0.2, 0.25) is 5.91 Å². The third-order valence-electron chi connectivity index (χ3n) is 1.90. The van der Waals surface area contributed by atoms with Crippen LogP contribution < -0.4 is 0 Å². The molecule has 0 saturated carbocycles. The second-order valence-corrected chi connectivity index (χ2v) is 5.23. The third-order valence-corrected chi connectivity index (χ3v) is 3.33. The van der Waals surface area contributed by atoms with Gasteiger partial charge in [0.1, 0.15) is 0 Å². The Morgan fingerprint density at radius 2 is 1.75 bits per heavy atom. The summed E-state index contributed by atoms with van der Waals surface area (Å²) in [6, 6.07) is 7.97. The van der Waals surface area contributed by atoms with Crippen molar-refractivity contribution in [3.63, 3.8) is 0 Å². The molecule has 0 aromatic heterocycles. The lowest BCUT2D eigenvalue weighted by Gasteiger charge is -2.05. The van der Waals surface area contributed by atoms with Gasteiger partial charge in [0.05, 0.1) is 4.90 Å². The van der Waals surface area contributed by atoms with Crippen molar-refractivity contribution in [2.24, 2.45) is 0 Å². The Morgan fingerprint density at radius 3 is 2.25 bits per heavy atom. The summed E-state index contributed by atoms with van der Waals surface area (Å²) in [5, 5.41) is 0.921. The van der Waals surface area contributed by atoms with E-state index in [1.54, 1.807) is 32.3 Å². The average Bonchev–Trinajstić information content (AvgIpc) is 2.27. The molecule has 0 saturated heterocycles. The molecule has 0 spiro atoms. The minimum absolute atomic E-state index is 0.179. The minimum Gasteiger partial charge on any atom is -0.345 e. The van der Waals surface area contributed by atoms with E-state index >= 15 is 0 Å². The number of rotatable bonds is 3. The molecule has 4 nitrogen and oxygen atoms in total. The predicted octanol–water partition coefficient (Wildman–Crippen LogP) is 1.06. The Balaban J connectivity index is 2.94. The first-order valence-corrected chi connectivity index (χ1v) is 6.17. The van der Waals surface area contributed by atoms with E-state index in [9.17, 15) is 13.2 Å². The first kappa shape index (κ1) is 12.4. The van der Waals surface area contributed by atoms with Crippen molar-refractivity contribution in [2.45, 2.75) is 4.90 Å². The zero-order chi connectivity index (χ0) is 12.2. The first-order valence-electron chi connectivity index (χ1n) is 4.63. The fourth-order valence-electron chi connectivity index (χ4n) is 0.986. The molecule has 0 radical (unpaired) electrons. The van der Waals surface area contributed by atoms with Gasteiger partial charge in [-0.25, -0.2) is 8.42 Å². The summed E-state index contributed by atoms with van der Waals surface area (Å²) in [6.07, 6.45) is 1.04. The number of hydrogen-bond donors (Lipinski definition) is 0. The van der Waals surface area contributed by atoms with Crippen LogP contribution in [0.5, 0.6) is 0 Å². The molecule has 1 rings (SSSR count). The van der Waals surface area contributed by atoms with E-state index in [1.165, 1.54) is 17.0 Å². The van der Waals surface area contributed by atoms with Gasteiger partial charge in [0.25, 0.3) is 0 Å². The maximum Gasteiger partial charge on any atom is 0.246 e. The predicted molar refractivity (Wildman–Crippen MR) is 61.5 cm³/mol. The van der Waals surface area contributed by atoms with Gasteiger partial charge in [-0.05, 0) is 12.1 Å². The van der Waals surface area contributed by atoms with Gasteiger partial charge in [-0.15, -0.1) is 0 Å². The quantitative estimate of drug-likeness (QED) is 0.741. The molecule has 16 heavy (non-hydrogen) atoms. The Bertz CT molecular complexity index is 489. The van der Waals surface area contributed by atoms with Gasteiger partial charge in [-0.1, -0.05) is 18.2 Å². The topological polar surface area (TPSA) is 54.5 Å². The lowest BCUT2D eigenvalue weighted by atomic mass is 10.4. The molecule has 86 valence electrons.